The van der Waals surface area contributed by atoms with Gasteiger partial charge in [0.05, 0.1) is 7.11 Å². The first-order valence-electron chi connectivity index (χ1n) is 5.80. The van der Waals surface area contributed by atoms with Crippen molar-refractivity contribution in [3.05, 3.63) is 63.9 Å². The lowest BCUT2D eigenvalue weighted by Crippen LogP contribution is -2.04. The van der Waals surface area contributed by atoms with Crippen molar-refractivity contribution in [1.82, 2.24) is 0 Å². The Kier molecular flexibility index (Phi) is 4.08. The first kappa shape index (κ1) is 13.8. The van der Waals surface area contributed by atoms with Crippen molar-refractivity contribution in [2.45, 2.75) is 13.0 Å². The number of aliphatic hydroxyl groups is 1. The van der Waals surface area contributed by atoms with Crippen molar-refractivity contribution in [2.24, 2.45) is 0 Å². The lowest BCUT2D eigenvalue weighted by Gasteiger charge is -2.17. The van der Waals surface area contributed by atoms with Gasteiger partial charge in [0.2, 0.25) is 0 Å². The molecule has 0 amide bonds. The van der Waals surface area contributed by atoms with E-state index in [1.165, 1.54) is 25.3 Å². The van der Waals surface area contributed by atoms with Gasteiger partial charge in [0.15, 0.2) is 0 Å². The van der Waals surface area contributed by atoms with Crippen LogP contribution in [0.2, 0.25) is 5.02 Å². The molecule has 1 atom stereocenters. The van der Waals surface area contributed by atoms with Gasteiger partial charge in [0.25, 0.3) is 0 Å². The maximum atomic E-state index is 13.3. The van der Waals surface area contributed by atoms with Gasteiger partial charge in [-0.2, -0.15) is 0 Å². The highest BCUT2D eigenvalue weighted by molar-refractivity contribution is 6.31. The quantitative estimate of drug-likeness (QED) is 0.924. The van der Waals surface area contributed by atoms with E-state index in [0.29, 0.717) is 21.9 Å². The van der Waals surface area contributed by atoms with E-state index in [1.54, 1.807) is 12.1 Å². The third-order valence-electron chi connectivity index (χ3n) is 2.93. The Morgan fingerprint density at radius 1 is 1.16 bits per heavy atom. The lowest BCUT2D eigenvalue weighted by molar-refractivity contribution is 0.214. The average Bonchev–Trinajstić information content (AvgIpc) is 2.40. The largest absolute Gasteiger partial charge is 0.496 e. The molecule has 0 aliphatic carbocycles. The van der Waals surface area contributed by atoms with E-state index in [-0.39, 0.29) is 0 Å². The molecule has 2 aromatic rings. The maximum absolute atomic E-state index is 13.3. The van der Waals surface area contributed by atoms with Crippen LogP contribution in [-0.2, 0) is 0 Å². The van der Waals surface area contributed by atoms with Gasteiger partial charge < -0.3 is 9.84 Å². The minimum Gasteiger partial charge on any atom is -0.496 e. The number of aliphatic hydroxyl groups excluding tert-OH is 1. The molecule has 0 fully saturated rings. The summed E-state index contributed by atoms with van der Waals surface area (Å²) in [6, 6.07) is 9.35. The average molecular weight is 281 g/mol. The van der Waals surface area contributed by atoms with Crippen LogP contribution in [0.5, 0.6) is 5.75 Å². The molecule has 0 aliphatic heterocycles. The molecule has 2 aromatic carbocycles. The van der Waals surface area contributed by atoms with Gasteiger partial charge in [-0.05, 0) is 37.3 Å². The Morgan fingerprint density at radius 2 is 1.89 bits per heavy atom. The molecule has 4 heteroatoms. The van der Waals surface area contributed by atoms with Crippen molar-refractivity contribution in [1.29, 1.82) is 0 Å². The maximum Gasteiger partial charge on any atom is 0.125 e. The molecular formula is C15H14ClFO2. The fourth-order valence-corrected chi connectivity index (χ4v) is 2.18. The van der Waals surface area contributed by atoms with E-state index < -0.39 is 11.9 Å². The van der Waals surface area contributed by atoms with Crippen molar-refractivity contribution < 1.29 is 14.2 Å². The van der Waals surface area contributed by atoms with E-state index in [2.05, 4.69) is 0 Å². The number of benzene rings is 2. The van der Waals surface area contributed by atoms with Crippen LogP contribution in [0.4, 0.5) is 4.39 Å². The molecule has 19 heavy (non-hydrogen) atoms. The molecule has 0 radical (unpaired) electrons. The summed E-state index contributed by atoms with van der Waals surface area (Å²) in [5, 5.41) is 10.7. The van der Waals surface area contributed by atoms with Gasteiger partial charge in [-0.25, -0.2) is 4.39 Å². The topological polar surface area (TPSA) is 29.5 Å². The summed E-state index contributed by atoms with van der Waals surface area (Å²) in [4.78, 5) is 0. The van der Waals surface area contributed by atoms with E-state index in [0.717, 1.165) is 5.56 Å². The predicted octanol–water partition coefficient (Wildman–Crippen LogP) is 3.88. The number of aryl methyl sites for hydroxylation is 1. The van der Waals surface area contributed by atoms with Crippen molar-refractivity contribution in [2.75, 3.05) is 7.11 Å². The zero-order chi connectivity index (χ0) is 14.0. The number of hydrogen-bond acceptors (Lipinski definition) is 2. The van der Waals surface area contributed by atoms with Crippen LogP contribution in [0.3, 0.4) is 0 Å². The normalized spacial score (nSPS) is 12.3. The molecule has 2 nitrogen and oxygen atoms in total. The molecule has 0 aliphatic rings. The van der Waals surface area contributed by atoms with Crippen molar-refractivity contribution in [3.63, 3.8) is 0 Å². The molecule has 1 N–H and O–H groups in total. The smallest absolute Gasteiger partial charge is 0.125 e. The fourth-order valence-electron chi connectivity index (χ4n) is 1.96. The predicted molar refractivity (Wildman–Crippen MR) is 73.2 cm³/mol. The summed E-state index contributed by atoms with van der Waals surface area (Å²) in [6.45, 7) is 1.91. The van der Waals surface area contributed by atoms with Gasteiger partial charge in [0, 0.05) is 16.1 Å². The molecule has 100 valence electrons. The molecule has 2 rings (SSSR count). The molecule has 0 saturated heterocycles. The van der Waals surface area contributed by atoms with Crippen LogP contribution in [0, 0.1) is 12.7 Å². The van der Waals surface area contributed by atoms with E-state index in [4.69, 9.17) is 16.3 Å². The summed E-state index contributed by atoms with van der Waals surface area (Å²) < 4.78 is 18.5. The third kappa shape index (κ3) is 2.88. The molecule has 0 spiro atoms. The Morgan fingerprint density at radius 3 is 2.58 bits per heavy atom. The SMILES string of the molecule is COc1ccc(C)cc1C(O)c1cc(F)ccc1Cl. The Balaban J connectivity index is 2.51. The summed E-state index contributed by atoms with van der Waals surface area (Å²) in [5.74, 6) is 0.100. The van der Waals surface area contributed by atoms with Crippen LogP contribution in [0.25, 0.3) is 0 Å². The first-order valence-corrected chi connectivity index (χ1v) is 6.18. The first-order chi connectivity index (χ1) is 9.02. The highest BCUT2D eigenvalue weighted by Crippen LogP contribution is 2.34. The van der Waals surface area contributed by atoms with Crippen LogP contribution >= 0.6 is 11.6 Å². The van der Waals surface area contributed by atoms with Gasteiger partial charge in [-0.1, -0.05) is 23.2 Å². The minimum atomic E-state index is -1.03. The molecule has 0 aromatic heterocycles. The van der Waals surface area contributed by atoms with E-state index >= 15 is 0 Å². The van der Waals surface area contributed by atoms with Crippen LogP contribution in [0.15, 0.2) is 36.4 Å². The van der Waals surface area contributed by atoms with E-state index in [9.17, 15) is 9.50 Å². The number of rotatable bonds is 3. The molecule has 0 heterocycles. The Bertz CT molecular complexity index is 599. The summed E-state index contributed by atoms with van der Waals surface area (Å²) in [6.07, 6.45) is -1.03. The van der Waals surface area contributed by atoms with Gasteiger partial charge >= 0.3 is 0 Å². The number of hydrogen-bond donors (Lipinski definition) is 1. The number of methoxy groups -OCH3 is 1. The van der Waals surface area contributed by atoms with Crippen molar-refractivity contribution in [3.8, 4) is 5.75 Å². The second kappa shape index (κ2) is 5.59. The summed E-state index contributed by atoms with van der Waals surface area (Å²) in [7, 11) is 1.52. The summed E-state index contributed by atoms with van der Waals surface area (Å²) in [5.41, 5.74) is 1.86. The fraction of sp³-hybridized carbons (Fsp3) is 0.200. The highest BCUT2D eigenvalue weighted by atomic mass is 35.5. The van der Waals surface area contributed by atoms with Crippen LogP contribution < -0.4 is 4.74 Å². The molecule has 0 saturated carbocycles. The second-order valence-corrected chi connectivity index (χ2v) is 4.72. The van der Waals surface area contributed by atoms with E-state index in [1.807, 2.05) is 13.0 Å². The Hall–Kier alpha value is -1.58. The van der Waals surface area contributed by atoms with Crippen molar-refractivity contribution >= 4 is 11.6 Å². The lowest BCUT2D eigenvalue weighted by atomic mass is 9.99. The zero-order valence-corrected chi connectivity index (χ0v) is 11.4. The number of halogens is 2. The minimum absolute atomic E-state index is 0.317. The molecule has 0 bridgehead atoms. The van der Waals surface area contributed by atoms with Gasteiger partial charge in [-0.3, -0.25) is 0 Å². The summed E-state index contributed by atoms with van der Waals surface area (Å²) >= 11 is 6.01. The monoisotopic (exact) mass is 280 g/mol. The number of ether oxygens (including phenoxy) is 1. The zero-order valence-electron chi connectivity index (χ0n) is 10.7. The molecular weight excluding hydrogens is 267 g/mol. The third-order valence-corrected chi connectivity index (χ3v) is 3.28. The standard InChI is InChI=1S/C15H14ClFO2/c1-9-3-6-14(19-2)12(7-9)15(18)11-8-10(17)4-5-13(11)16/h3-8,15,18H,1-2H3. The van der Waals surface area contributed by atoms with Gasteiger partial charge in [0.1, 0.15) is 17.7 Å². The highest BCUT2D eigenvalue weighted by Gasteiger charge is 2.18. The second-order valence-electron chi connectivity index (χ2n) is 4.31. The van der Waals surface area contributed by atoms with Gasteiger partial charge in [-0.15, -0.1) is 0 Å². The van der Waals surface area contributed by atoms with Crippen LogP contribution in [0.1, 0.15) is 22.8 Å². The molecule has 1 unspecified atom stereocenters. The van der Waals surface area contributed by atoms with Crippen LogP contribution in [-0.4, -0.2) is 12.2 Å². The Labute approximate surface area is 116 Å².